The summed E-state index contributed by atoms with van der Waals surface area (Å²) in [7, 11) is 0. The molecule has 0 aromatic heterocycles. The van der Waals surface area contributed by atoms with Crippen molar-refractivity contribution in [2.45, 2.75) is 36.7 Å². The zero-order valence-corrected chi connectivity index (χ0v) is 12.3. The molecule has 20 heavy (non-hydrogen) atoms. The fraction of sp³-hybridized carbons (Fsp3) is 0.562. The average molecular weight is 295 g/mol. The average Bonchev–Trinajstić information content (AvgIpc) is 2.40. The van der Waals surface area contributed by atoms with Gasteiger partial charge in [0.2, 0.25) is 0 Å². The first-order valence-electron chi connectivity index (χ1n) is 7.06. The monoisotopic (exact) mass is 294 g/mol. The zero-order valence-electron chi connectivity index (χ0n) is 11.5. The van der Waals surface area contributed by atoms with Crippen LogP contribution in [0.4, 0.5) is 0 Å². The number of alkyl halides is 1. The summed E-state index contributed by atoms with van der Waals surface area (Å²) < 4.78 is 5.16. The molecule has 0 bridgehead atoms. The van der Waals surface area contributed by atoms with E-state index >= 15 is 0 Å². The van der Waals surface area contributed by atoms with Crippen molar-refractivity contribution in [3.05, 3.63) is 35.9 Å². The van der Waals surface area contributed by atoms with Gasteiger partial charge in [-0.15, -0.1) is 11.6 Å². The van der Waals surface area contributed by atoms with Crippen LogP contribution in [-0.2, 0) is 15.1 Å². The van der Waals surface area contributed by atoms with E-state index in [4.69, 9.17) is 16.3 Å². The minimum absolute atomic E-state index is 0.113. The van der Waals surface area contributed by atoms with Crippen molar-refractivity contribution >= 4 is 17.6 Å². The normalized spacial score (nSPS) is 40.9. The van der Waals surface area contributed by atoms with E-state index in [0.717, 1.165) is 5.56 Å². The highest BCUT2D eigenvalue weighted by Gasteiger charge is 2.56. The van der Waals surface area contributed by atoms with Gasteiger partial charge in [0, 0.05) is 10.8 Å². The Balaban J connectivity index is 2.05. The smallest absolute Gasteiger partial charge is 0.309 e. The second-order valence-electron chi connectivity index (χ2n) is 6.25. The highest BCUT2D eigenvalue weighted by atomic mass is 35.5. The maximum Gasteiger partial charge on any atom is 0.309 e. The number of esters is 1. The van der Waals surface area contributed by atoms with Crippen molar-refractivity contribution < 1.29 is 14.6 Å². The van der Waals surface area contributed by atoms with Crippen LogP contribution in [0.1, 0.15) is 31.7 Å². The summed E-state index contributed by atoms with van der Waals surface area (Å²) in [5.74, 6) is -0.648. The minimum Gasteiger partial charge on any atom is -0.465 e. The summed E-state index contributed by atoms with van der Waals surface area (Å²) in [5, 5.41) is 11.3. The molecule has 0 unspecified atom stereocenters. The molecule has 3 nitrogen and oxygen atoms in total. The predicted octanol–water partition coefficient (Wildman–Crippen LogP) is 2.84. The molecule has 0 spiro atoms. The lowest BCUT2D eigenvalue weighted by Crippen LogP contribution is -2.54. The first kappa shape index (κ1) is 13.9. The molecule has 1 N–H and O–H groups in total. The molecule has 4 atom stereocenters. The van der Waals surface area contributed by atoms with Gasteiger partial charge < -0.3 is 9.84 Å². The van der Waals surface area contributed by atoms with Crippen LogP contribution in [0.2, 0.25) is 0 Å². The summed E-state index contributed by atoms with van der Waals surface area (Å²) in [6.45, 7) is 2.27. The largest absolute Gasteiger partial charge is 0.465 e. The number of benzene rings is 1. The number of cyclic esters (lactones) is 1. The third-order valence-corrected chi connectivity index (χ3v) is 4.92. The lowest BCUT2D eigenvalue weighted by Gasteiger charge is -2.51. The summed E-state index contributed by atoms with van der Waals surface area (Å²) in [6.07, 6.45) is 1.71. The van der Waals surface area contributed by atoms with Gasteiger partial charge in [0.05, 0.1) is 18.1 Å². The van der Waals surface area contributed by atoms with E-state index in [2.05, 4.69) is 0 Å². The van der Waals surface area contributed by atoms with Crippen LogP contribution < -0.4 is 0 Å². The second kappa shape index (κ2) is 4.74. The molecule has 0 amide bonds. The van der Waals surface area contributed by atoms with Crippen LogP contribution in [0, 0.1) is 11.8 Å². The number of rotatable bonds is 1. The molecule has 2 aliphatic rings. The second-order valence-corrected chi connectivity index (χ2v) is 7.17. The van der Waals surface area contributed by atoms with E-state index in [1.807, 2.05) is 37.3 Å². The fourth-order valence-corrected chi connectivity index (χ4v) is 4.19. The topological polar surface area (TPSA) is 46.5 Å². The molecule has 4 heteroatoms. The van der Waals surface area contributed by atoms with Gasteiger partial charge in [0.25, 0.3) is 0 Å². The molecular formula is C16H19ClO3. The molecule has 1 saturated heterocycles. The van der Waals surface area contributed by atoms with Crippen LogP contribution in [0.15, 0.2) is 30.3 Å². The summed E-state index contributed by atoms with van der Waals surface area (Å²) in [5.41, 5.74) is -0.212. The van der Waals surface area contributed by atoms with Crippen LogP contribution in [-0.4, -0.2) is 22.6 Å². The number of hydrogen-bond donors (Lipinski definition) is 1. The predicted molar refractivity (Wildman–Crippen MR) is 76.4 cm³/mol. The Morgan fingerprint density at radius 1 is 1.35 bits per heavy atom. The minimum atomic E-state index is -1.06. The maximum absolute atomic E-state index is 12.0. The summed E-state index contributed by atoms with van der Waals surface area (Å²) in [4.78, 5) is 11.4. The number of carbonyl (C=O) groups is 1. The van der Waals surface area contributed by atoms with Gasteiger partial charge in [0.15, 0.2) is 0 Å². The third-order valence-electron chi connectivity index (χ3n) is 4.63. The van der Waals surface area contributed by atoms with E-state index in [1.54, 1.807) is 0 Å². The molecular weight excluding hydrogens is 276 g/mol. The summed E-state index contributed by atoms with van der Waals surface area (Å²) >= 11 is 6.52. The maximum atomic E-state index is 12.0. The number of aliphatic hydroxyl groups is 1. The Morgan fingerprint density at radius 3 is 2.75 bits per heavy atom. The van der Waals surface area contributed by atoms with Gasteiger partial charge in [-0.05, 0) is 31.7 Å². The Hall–Kier alpha value is -1.06. The summed E-state index contributed by atoms with van der Waals surface area (Å²) in [6, 6.07) is 9.56. The lowest BCUT2D eigenvalue weighted by atomic mass is 9.61. The molecule has 1 aromatic rings. The highest BCUT2D eigenvalue weighted by Crippen LogP contribution is 2.53. The number of fused-ring (bicyclic) bond motifs is 1. The molecule has 1 aliphatic carbocycles. The SMILES string of the molecule is C[C@@]1(Cl)C[C@H]2C(=O)OCC[C@@H]2[C@@](O)(c2ccccc2)C1. The molecule has 3 rings (SSSR count). The van der Waals surface area contributed by atoms with E-state index < -0.39 is 10.5 Å². The lowest BCUT2D eigenvalue weighted by molar-refractivity contribution is -0.177. The number of halogens is 1. The Labute approximate surface area is 123 Å². The molecule has 1 aliphatic heterocycles. The Bertz CT molecular complexity index is 514. The zero-order chi connectivity index (χ0) is 14.4. The Kier molecular flexibility index (Phi) is 3.30. The van der Waals surface area contributed by atoms with Gasteiger partial charge in [-0.2, -0.15) is 0 Å². The van der Waals surface area contributed by atoms with Gasteiger partial charge in [-0.1, -0.05) is 30.3 Å². The molecule has 1 heterocycles. The van der Waals surface area contributed by atoms with Gasteiger partial charge >= 0.3 is 5.97 Å². The Morgan fingerprint density at radius 2 is 2.05 bits per heavy atom. The van der Waals surface area contributed by atoms with E-state index in [1.165, 1.54) is 0 Å². The quantitative estimate of drug-likeness (QED) is 0.640. The molecule has 2 fully saturated rings. The van der Waals surface area contributed by atoms with Crippen molar-refractivity contribution in [2.24, 2.45) is 11.8 Å². The molecule has 1 saturated carbocycles. The third kappa shape index (κ3) is 2.23. The number of carbonyl (C=O) groups excluding carboxylic acids is 1. The van der Waals surface area contributed by atoms with Crippen LogP contribution in [0.3, 0.4) is 0 Å². The van der Waals surface area contributed by atoms with Crippen molar-refractivity contribution in [1.82, 2.24) is 0 Å². The van der Waals surface area contributed by atoms with Crippen LogP contribution in [0.5, 0.6) is 0 Å². The standard InChI is InChI=1S/C16H19ClO3/c1-15(17)9-12-13(7-8-20-14(12)18)16(19,10-15)11-5-3-2-4-6-11/h2-6,12-13,19H,7-10H2,1H3/t12-,13+,15-,16+/m1/s1. The number of hydrogen-bond acceptors (Lipinski definition) is 3. The van der Waals surface area contributed by atoms with Crippen molar-refractivity contribution in [1.29, 1.82) is 0 Å². The number of ether oxygens (including phenoxy) is 1. The van der Waals surface area contributed by atoms with Crippen molar-refractivity contribution in [3.63, 3.8) is 0 Å². The van der Waals surface area contributed by atoms with E-state index in [0.29, 0.717) is 25.9 Å². The molecule has 0 radical (unpaired) electrons. The highest BCUT2D eigenvalue weighted by molar-refractivity contribution is 6.24. The molecule has 1 aromatic carbocycles. The van der Waals surface area contributed by atoms with Crippen LogP contribution in [0.25, 0.3) is 0 Å². The first-order chi connectivity index (χ1) is 9.42. The van der Waals surface area contributed by atoms with Crippen molar-refractivity contribution in [3.8, 4) is 0 Å². The van der Waals surface area contributed by atoms with Crippen LogP contribution >= 0.6 is 11.6 Å². The van der Waals surface area contributed by atoms with Crippen molar-refractivity contribution in [2.75, 3.05) is 6.61 Å². The van der Waals surface area contributed by atoms with Gasteiger partial charge in [-0.25, -0.2) is 0 Å². The van der Waals surface area contributed by atoms with E-state index in [-0.39, 0.29) is 17.8 Å². The van der Waals surface area contributed by atoms with E-state index in [9.17, 15) is 9.90 Å². The first-order valence-corrected chi connectivity index (χ1v) is 7.44. The van der Waals surface area contributed by atoms with Gasteiger partial charge in [0.1, 0.15) is 0 Å². The van der Waals surface area contributed by atoms with Gasteiger partial charge in [-0.3, -0.25) is 4.79 Å². The molecule has 108 valence electrons. The fourth-order valence-electron chi connectivity index (χ4n) is 3.82.